The minimum Gasteiger partial charge on any atom is -0.339 e. The highest BCUT2D eigenvalue weighted by Crippen LogP contribution is 2.33. The lowest BCUT2D eigenvalue weighted by molar-refractivity contribution is 0.628. The predicted octanol–water partition coefficient (Wildman–Crippen LogP) is 5.81. The summed E-state index contributed by atoms with van der Waals surface area (Å²) in [6.45, 7) is 6.18. The summed E-state index contributed by atoms with van der Waals surface area (Å²) >= 11 is 0. The Bertz CT molecular complexity index is 1090. The first kappa shape index (κ1) is 16.3. The quantitative estimate of drug-likeness (QED) is 0.508. The first-order chi connectivity index (χ1) is 12.5. The van der Waals surface area contributed by atoms with Gasteiger partial charge in [-0.05, 0) is 61.7 Å². The van der Waals surface area contributed by atoms with Crippen molar-refractivity contribution in [2.45, 2.75) is 20.8 Å². The summed E-state index contributed by atoms with van der Waals surface area (Å²) < 4.78 is 15.8. The molecule has 0 atom stereocenters. The number of aryl methyl sites for hydroxylation is 3. The van der Waals surface area contributed by atoms with Crippen LogP contribution in [0.5, 0.6) is 0 Å². The number of aromatic nitrogens is 2. The molecule has 0 unspecified atom stereocenters. The van der Waals surface area contributed by atoms with E-state index in [2.05, 4.69) is 31.3 Å². The molecule has 0 aliphatic rings. The average molecular weight is 345 g/mol. The highest BCUT2D eigenvalue weighted by atomic mass is 19.1. The second-order valence-electron chi connectivity index (χ2n) is 6.64. The van der Waals surface area contributed by atoms with Crippen LogP contribution in [0.15, 0.2) is 60.8 Å². The zero-order chi connectivity index (χ0) is 18.3. The number of nitrogens with zero attached hydrogens (tertiary/aromatic N) is 2. The van der Waals surface area contributed by atoms with Gasteiger partial charge in [0.1, 0.15) is 23.0 Å². The van der Waals surface area contributed by atoms with Crippen LogP contribution in [0.2, 0.25) is 0 Å². The molecule has 4 heteroatoms. The molecule has 0 aliphatic carbocycles. The fourth-order valence-electron chi connectivity index (χ4n) is 3.23. The SMILES string of the molecule is Cc1ccn2c(Nc3c(C)cccc3C)c(-c3cccc(F)c3)nc2c1. The maximum Gasteiger partial charge on any atom is 0.143 e. The molecule has 130 valence electrons. The molecule has 0 radical (unpaired) electrons. The summed E-state index contributed by atoms with van der Waals surface area (Å²) in [6, 6.07) is 16.8. The van der Waals surface area contributed by atoms with Gasteiger partial charge in [-0.15, -0.1) is 0 Å². The first-order valence-corrected chi connectivity index (χ1v) is 8.61. The second kappa shape index (κ2) is 6.30. The van der Waals surface area contributed by atoms with Crippen molar-refractivity contribution in [3.05, 3.63) is 83.3 Å². The lowest BCUT2D eigenvalue weighted by Gasteiger charge is -2.14. The van der Waals surface area contributed by atoms with Gasteiger partial charge in [0.15, 0.2) is 0 Å². The number of para-hydroxylation sites is 1. The Hall–Kier alpha value is -3.14. The standard InChI is InChI=1S/C22H20FN3/c1-14-10-11-26-19(12-14)24-21(17-8-5-9-18(23)13-17)22(26)25-20-15(2)6-4-7-16(20)3/h4-13,25H,1-3H3. The van der Waals surface area contributed by atoms with Gasteiger partial charge in [-0.25, -0.2) is 9.37 Å². The normalized spacial score (nSPS) is 11.1. The van der Waals surface area contributed by atoms with E-state index in [0.29, 0.717) is 0 Å². The van der Waals surface area contributed by atoms with Gasteiger partial charge in [0, 0.05) is 17.4 Å². The summed E-state index contributed by atoms with van der Waals surface area (Å²) in [5, 5.41) is 3.55. The largest absolute Gasteiger partial charge is 0.339 e. The number of imidazole rings is 1. The topological polar surface area (TPSA) is 29.3 Å². The summed E-state index contributed by atoms with van der Waals surface area (Å²) in [5.74, 6) is 0.566. The smallest absolute Gasteiger partial charge is 0.143 e. The molecule has 2 heterocycles. The number of pyridine rings is 1. The van der Waals surface area contributed by atoms with Crippen molar-refractivity contribution in [1.29, 1.82) is 0 Å². The van der Waals surface area contributed by atoms with E-state index in [0.717, 1.165) is 45.1 Å². The average Bonchev–Trinajstić information content (AvgIpc) is 2.96. The molecule has 0 aliphatic heterocycles. The molecule has 1 N–H and O–H groups in total. The van der Waals surface area contributed by atoms with Gasteiger partial charge < -0.3 is 5.32 Å². The fourth-order valence-corrected chi connectivity index (χ4v) is 3.23. The van der Waals surface area contributed by atoms with Gasteiger partial charge in [-0.2, -0.15) is 0 Å². The van der Waals surface area contributed by atoms with Crippen molar-refractivity contribution in [1.82, 2.24) is 9.38 Å². The summed E-state index contributed by atoms with van der Waals surface area (Å²) in [7, 11) is 0. The van der Waals surface area contributed by atoms with E-state index >= 15 is 0 Å². The number of hydrogen-bond acceptors (Lipinski definition) is 2. The van der Waals surface area contributed by atoms with E-state index in [1.54, 1.807) is 6.07 Å². The Morgan fingerprint density at radius 2 is 1.65 bits per heavy atom. The molecular formula is C22H20FN3. The maximum atomic E-state index is 13.8. The van der Waals surface area contributed by atoms with Crippen molar-refractivity contribution in [2.75, 3.05) is 5.32 Å². The van der Waals surface area contributed by atoms with Gasteiger partial charge in [0.25, 0.3) is 0 Å². The third kappa shape index (κ3) is 2.84. The third-order valence-corrected chi connectivity index (χ3v) is 4.60. The number of nitrogens with one attached hydrogen (secondary N) is 1. The van der Waals surface area contributed by atoms with Gasteiger partial charge in [0.05, 0.1) is 0 Å². The lowest BCUT2D eigenvalue weighted by Crippen LogP contribution is -2.00. The molecule has 0 spiro atoms. The van der Waals surface area contributed by atoms with Crippen molar-refractivity contribution >= 4 is 17.2 Å². The molecular weight excluding hydrogens is 325 g/mol. The van der Waals surface area contributed by atoms with Crippen molar-refractivity contribution in [3.63, 3.8) is 0 Å². The number of halogens is 1. The fraction of sp³-hybridized carbons (Fsp3) is 0.136. The Balaban J connectivity index is 1.95. The van der Waals surface area contributed by atoms with Gasteiger partial charge >= 0.3 is 0 Å². The predicted molar refractivity (Wildman–Crippen MR) is 105 cm³/mol. The summed E-state index contributed by atoms with van der Waals surface area (Å²) in [4.78, 5) is 4.77. The lowest BCUT2D eigenvalue weighted by atomic mass is 10.1. The van der Waals surface area contributed by atoms with Crippen LogP contribution in [0.1, 0.15) is 16.7 Å². The van der Waals surface area contributed by atoms with Crippen molar-refractivity contribution in [2.24, 2.45) is 0 Å². The highest BCUT2D eigenvalue weighted by molar-refractivity contribution is 5.81. The van der Waals surface area contributed by atoms with Crippen LogP contribution in [-0.2, 0) is 0 Å². The molecule has 0 bridgehead atoms. The minimum atomic E-state index is -0.270. The van der Waals surface area contributed by atoms with Crippen LogP contribution in [0.4, 0.5) is 15.9 Å². The van der Waals surface area contributed by atoms with E-state index in [9.17, 15) is 4.39 Å². The molecule has 4 rings (SSSR count). The second-order valence-corrected chi connectivity index (χ2v) is 6.64. The maximum absolute atomic E-state index is 13.8. The Morgan fingerprint density at radius 3 is 2.38 bits per heavy atom. The zero-order valence-electron chi connectivity index (χ0n) is 15.0. The van der Waals surface area contributed by atoms with Gasteiger partial charge in [-0.3, -0.25) is 4.40 Å². The Morgan fingerprint density at radius 1 is 0.923 bits per heavy atom. The third-order valence-electron chi connectivity index (χ3n) is 4.60. The van der Waals surface area contributed by atoms with Crippen molar-refractivity contribution in [3.8, 4) is 11.3 Å². The minimum absolute atomic E-state index is 0.270. The van der Waals surface area contributed by atoms with Crippen LogP contribution in [0, 0.1) is 26.6 Å². The molecule has 3 nitrogen and oxygen atoms in total. The van der Waals surface area contributed by atoms with Crippen LogP contribution in [0.3, 0.4) is 0 Å². The Kier molecular flexibility index (Phi) is 3.96. The van der Waals surface area contributed by atoms with E-state index < -0.39 is 0 Å². The van der Waals surface area contributed by atoms with Crippen LogP contribution >= 0.6 is 0 Å². The molecule has 0 amide bonds. The van der Waals surface area contributed by atoms with Crippen molar-refractivity contribution < 1.29 is 4.39 Å². The molecule has 2 aromatic heterocycles. The van der Waals surface area contributed by atoms with Gasteiger partial charge in [-0.1, -0.05) is 30.3 Å². The van der Waals surface area contributed by atoms with E-state index in [-0.39, 0.29) is 5.82 Å². The summed E-state index contributed by atoms with van der Waals surface area (Å²) in [6.07, 6.45) is 2.00. The number of fused-ring (bicyclic) bond motifs is 1. The van der Waals surface area contributed by atoms with Crippen LogP contribution < -0.4 is 5.32 Å². The van der Waals surface area contributed by atoms with E-state index in [1.165, 1.54) is 12.1 Å². The summed E-state index contributed by atoms with van der Waals surface area (Å²) in [5.41, 5.74) is 6.80. The van der Waals surface area contributed by atoms with Crippen LogP contribution in [0.25, 0.3) is 16.9 Å². The molecule has 26 heavy (non-hydrogen) atoms. The highest BCUT2D eigenvalue weighted by Gasteiger charge is 2.16. The molecule has 4 aromatic rings. The number of rotatable bonds is 3. The van der Waals surface area contributed by atoms with Gasteiger partial charge in [0.2, 0.25) is 0 Å². The number of hydrogen-bond donors (Lipinski definition) is 1. The molecule has 0 saturated heterocycles. The zero-order valence-corrected chi connectivity index (χ0v) is 15.0. The monoisotopic (exact) mass is 345 g/mol. The first-order valence-electron chi connectivity index (χ1n) is 8.61. The van der Waals surface area contributed by atoms with E-state index in [4.69, 9.17) is 4.98 Å². The number of anilines is 2. The molecule has 2 aromatic carbocycles. The molecule has 0 saturated carbocycles. The van der Waals surface area contributed by atoms with E-state index in [1.807, 2.05) is 41.8 Å². The Labute approximate surface area is 152 Å². The number of benzene rings is 2. The van der Waals surface area contributed by atoms with Crippen LogP contribution in [-0.4, -0.2) is 9.38 Å². The molecule has 0 fully saturated rings.